The second kappa shape index (κ2) is 4.90. The number of alkyl halides is 1. The van der Waals surface area contributed by atoms with Crippen molar-refractivity contribution in [3.8, 4) is 0 Å². The third-order valence-electron chi connectivity index (χ3n) is 2.70. The molecule has 1 unspecified atom stereocenters. The molecule has 1 heterocycles. The SMILES string of the molecule is O=C1CC(CCl)CN1c1cc(F)c(Br)cc1F. The quantitative estimate of drug-likeness (QED) is 0.604. The van der Waals surface area contributed by atoms with E-state index in [0.29, 0.717) is 12.4 Å². The molecule has 1 aromatic rings. The van der Waals surface area contributed by atoms with Crippen molar-refractivity contribution in [1.29, 1.82) is 0 Å². The van der Waals surface area contributed by atoms with Gasteiger partial charge in [0.2, 0.25) is 5.91 Å². The fraction of sp³-hybridized carbons (Fsp3) is 0.364. The number of carbonyl (C=O) groups is 1. The van der Waals surface area contributed by atoms with E-state index in [2.05, 4.69) is 15.9 Å². The number of benzene rings is 1. The van der Waals surface area contributed by atoms with Gasteiger partial charge in [0.15, 0.2) is 0 Å². The Hall–Kier alpha value is -0.680. The maximum Gasteiger partial charge on any atom is 0.227 e. The van der Waals surface area contributed by atoms with Crippen molar-refractivity contribution >= 4 is 39.1 Å². The highest BCUT2D eigenvalue weighted by atomic mass is 79.9. The van der Waals surface area contributed by atoms with E-state index in [1.165, 1.54) is 4.90 Å². The Bertz CT molecular complexity index is 469. The summed E-state index contributed by atoms with van der Waals surface area (Å²) in [5, 5.41) is 0. The average Bonchev–Trinajstić information content (AvgIpc) is 2.65. The smallest absolute Gasteiger partial charge is 0.227 e. The van der Waals surface area contributed by atoms with Gasteiger partial charge in [-0.2, -0.15) is 0 Å². The maximum absolute atomic E-state index is 13.7. The molecule has 2 rings (SSSR count). The second-order valence-electron chi connectivity index (χ2n) is 3.95. The molecule has 92 valence electrons. The van der Waals surface area contributed by atoms with Crippen LogP contribution in [0, 0.1) is 17.6 Å². The third kappa shape index (κ3) is 2.45. The molecule has 1 aliphatic rings. The van der Waals surface area contributed by atoms with Crippen molar-refractivity contribution in [2.45, 2.75) is 6.42 Å². The molecule has 0 bridgehead atoms. The lowest BCUT2D eigenvalue weighted by Gasteiger charge is -2.17. The summed E-state index contributed by atoms with van der Waals surface area (Å²) in [5.41, 5.74) is -0.0247. The molecule has 1 aromatic carbocycles. The lowest BCUT2D eigenvalue weighted by atomic mass is 10.1. The van der Waals surface area contributed by atoms with Gasteiger partial charge in [0.05, 0.1) is 10.2 Å². The molecule has 1 atom stereocenters. The van der Waals surface area contributed by atoms with Crippen LogP contribution in [0.15, 0.2) is 16.6 Å². The summed E-state index contributed by atoms with van der Waals surface area (Å²) in [4.78, 5) is 12.9. The fourth-order valence-electron chi connectivity index (χ4n) is 1.84. The number of rotatable bonds is 2. The number of nitrogens with zero attached hydrogens (tertiary/aromatic N) is 1. The molecule has 0 N–H and O–H groups in total. The molecular weight excluding hydrogens is 315 g/mol. The minimum Gasteiger partial charge on any atom is -0.309 e. The predicted molar refractivity (Wildman–Crippen MR) is 65.2 cm³/mol. The summed E-state index contributed by atoms with van der Waals surface area (Å²) in [7, 11) is 0. The normalized spacial score (nSPS) is 20.1. The van der Waals surface area contributed by atoms with E-state index < -0.39 is 11.6 Å². The first-order chi connectivity index (χ1) is 8.02. The zero-order valence-electron chi connectivity index (χ0n) is 8.72. The molecule has 6 heteroatoms. The van der Waals surface area contributed by atoms with Crippen molar-refractivity contribution in [3.63, 3.8) is 0 Å². The predicted octanol–water partition coefficient (Wildman–Crippen LogP) is 3.32. The van der Waals surface area contributed by atoms with Gasteiger partial charge in [0.1, 0.15) is 11.6 Å². The first-order valence-corrected chi connectivity index (χ1v) is 6.36. The van der Waals surface area contributed by atoms with Gasteiger partial charge < -0.3 is 4.90 Å². The van der Waals surface area contributed by atoms with E-state index in [4.69, 9.17) is 11.6 Å². The van der Waals surface area contributed by atoms with Gasteiger partial charge >= 0.3 is 0 Å². The van der Waals surface area contributed by atoms with E-state index in [1.807, 2.05) is 0 Å². The number of hydrogen-bond donors (Lipinski definition) is 0. The molecule has 17 heavy (non-hydrogen) atoms. The summed E-state index contributed by atoms with van der Waals surface area (Å²) in [6.07, 6.45) is 0.278. The number of halogens is 4. The van der Waals surface area contributed by atoms with E-state index >= 15 is 0 Å². The summed E-state index contributed by atoms with van der Waals surface area (Å²) >= 11 is 8.56. The first kappa shape index (κ1) is 12.8. The molecule has 1 fully saturated rings. The Balaban J connectivity index is 2.35. The van der Waals surface area contributed by atoms with E-state index in [-0.39, 0.29) is 28.4 Å². The van der Waals surface area contributed by atoms with Crippen LogP contribution in [0.4, 0.5) is 14.5 Å². The van der Waals surface area contributed by atoms with E-state index in [0.717, 1.165) is 12.1 Å². The van der Waals surface area contributed by atoms with Crippen LogP contribution in [0.3, 0.4) is 0 Å². The maximum atomic E-state index is 13.7. The van der Waals surface area contributed by atoms with Crippen molar-refractivity contribution < 1.29 is 13.6 Å². The summed E-state index contributed by atoms with van der Waals surface area (Å²) < 4.78 is 27.0. The average molecular weight is 325 g/mol. The van der Waals surface area contributed by atoms with Gasteiger partial charge in [-0.3, -0.25) is 4.79 Å². The van der Waals surface area contributed by atoms with Crippen LogP contribution in [0.1, 0.15) is 6.42 Å². The van der Waals surface area contributed by atoms with Crippen LogP contribution >= 0.6 is 27.5 Å². The number of carbonyl (C=O) groups excluding carboxylic acids is 1. The molecule has 0 aromatic heterocycles. The Morgan fingerprint density at radius 3 is 2.71 bits per heavy atom. The molecule has 1 saturated heterocycles. The Labute approximate surface area is 111 Å². The zero-order valence-corrected chi connectivity index (χ0v) is 11.1. The lowest BCUT2D eigenvalue weighted by Crippen LogP contribution is -2.25. The molecule has 1 aliphatic heterocycles. The molecule has 0 aliphatic carbocycles. The number of amides is 1. The van der Waals surface area contributed by atoms with E-state index in [9.17, 15) is 13.6 Å². The molecule has 2 nitrogen and oxygen atoms in total. The molecule has 0 radical (unpaired) electrons. The van der Waals surface area contributed by atoms with Gasteiger partial charge in [-0.25, -0.2) is 8.78 Å². The third-order valence-corrected chi connectivity index (χ3v) is 3.75. The van der Waals surface area contributed by atoms with Crippen molar-refractivity contribution in [3.05, 3.63) is 28.2 Å². The van der Waals surface area contributed by atoms with Crippen LogP contribution in [-0.2, 0) is 4.79 Å². The zero-order chi connectivity index (χ0) is 12.6. The van der Waals surface area contributed by atoms with Crippen molar-refractivity contribution in [1.82, 2.24) is 0 Å². The highest BCUT2D eigenvalue weighted by Gasteiger charge is 2.31. The summed E-state index contributed by atoms with van der Waals surface area (Å²) in [6.45, 7) is 0.334. The largest absolute Gasteiger partial charge is 0.309 e. The van der Waals surface area contributed by atoms with Gasteiger partial charge in [-0.05, 0) is 27.9 Å². The monoisotopic (exact) mass is 323 g/mol. The topological polar surface area (TPSA) is 20.3 Å². The Morgan fingerprint density at radius 2 is 2.12 bits per heavy atom. The highest BCUT2D eigenvalue weighted by Crippen LogP contribution is 2.31. The van der Waals surface area contributed by atoms with Gasteiger partial charge in [-0.1, -0.05) is 0 Å². The minimum atomic E-state index is -0.623. The minimum absolute atomic E-state index is 0.00438. The van der Waals surface area contributed by atoms with Gasteiger partial charge in [0, 0.05) is 24.9 Å². The van der Waals surface area contributed by atoms with Crippen molar-refractivity contribution in [2.24, 2.45) is 5.92 Å². The van der Waals surface area contributed by atoms with E-state index in [1.54, 1.807) is 0 Å². The fourth-order valence-corrected chi connectivity index (χ4v) is 2.36. The van der Waals surface area contributed by atoms with Crippen LogP contribution in [0.2, 0.25) is 0 Å². The number of hydrogen-bond acceptors (Lipinski definition) is 1. The van der Waals surface area contributed by atoms with Crippen LogP contribution < -0.4 is 4.90 Å². The molecule has 1 amide bonds. The van der Waals surface area contributed by atoms with Crippen LogP contribution in [0.5, 0.6) is 0 Å². The highest BCUT2D eigenvalue weighted by molar-refractivity contribution is 9.10. The second-order valence-corrected chi connectivity index (χ2v) is 5.11. The lowest BCUT2D eigenvalue weighted by molar-refractivity contribution is -0.117. The molecular formula is C11H9BrClF2NO. The van der Waals surface area contributed by atoms with Gasteiger partial charge in [-0.15, -0.1) is 11.6 Å². The van der Waals surface area contributed by atoms with Crippen LogP contribution in [-0.4, -0.2) is 18.3 Å². The summed E-state index contributed by atoms with van der Waals surface area (Å²) in [6, 6.07) is 2.04. The van der Waals surface area contributed by atoms with Crippen molar-refractivity contribution in [2.75, 3.05) is 17.3 Å². The number of anilines is 1. The standard InChI is InChI=1S/C11H9BrClF2NO/c12-7-2-9(15)10(3-8(7)14)16-5-6(4-13)1-11(16)17/h2-3,6H,1,4-5H2. The van der Waals surface area contributed by atoms with Crippen LogP contribution in [0.25, 0.3) is 0 Å². The Morgan fingerprint density at radius 1 is 1.41 bits per heavy atom. The molecule has 0 spiro atoms. The molecule has 0 saturated carbocycles. The van der Waals surface area contributed by atoms with Gasteiger partial charge in [0.25, 0.3) is 0 Å². The summed E-state index contributed by atoms with van der Waals surface area (Å²) in [5.74, 6) is -1.11. The first-order valence-electron chi connectivity index (χ1n) is 5.03. The Kier molecular flexibility index (Phi) is 3.68.